The Hall–Kier alpha value is -1.18. The third-order valence-corrected chi connectivity index (χ3v) is 4.79. The van der Waals surface area contributed by atoms with Crippen molar-refractivity contribution < 1.29 is 13.2 Å². The van der Waals surface area contributed by atoms with Gasteiger partial charge < -0.3 is 10.1 Å². The van der Waals surface area contributed by atoms with Crippen molar-refractivity contribution in [2.24, 2.45) is 0 Å². The van der Waals surface area contributed by atoms with Gasteiger partial charge in [0.1, 0.15) is 0 Å². The van der Waals surface area contributed by atoms with E-state index in [1.54, 1.807) is 12.1 Å². The number of pyridine rings is 1. The van der Waals surface area contributed by atoms with Crippen LogP contribution in [0.25, 0.3) is 0 Å². The third kappa shape index (κ3) is 4.66. The van der Waals surface area contributed by atoms with E-state index in [2.05, 4.69) is 15.0 Å². The average Bonchev–Trinajstić information content (AvgIpc) is 2.98. The number of ether oxygens (including phenoxy) is 1. The van der Waals surface area contributed by atoms with Crippen LogP contribution in [0.4, 0.5) is 5.69 Å². The Morgan fingerprint density at radius 1 is 1.43 bits per heavy atom. The minimum atomic E-state index is -3.59. The van der Waals surface area contributed by atoms with Crippen LogP contribution >= 0.6 is 0 Å². The predicted octanol–water partition coefficient (Wildman–Crippen LogP) is 1.75. The molecule has 0 radical (unpaired) electrons. The molecule has 1 atom stereocenters. The van der Waals surface area contributed by atoms with Crippen LogP contribution in [-0.2, 0) is 14.8 Å². The average molecular weight is 313 g/mol. The SMILES string of the molecule is CCCNc1cccnc1S(=O)(=O)NCCC1CCCO1. The van der Waals surface area contributed by atoms with Crippen LogP contribution in [0.5, 0.6) is 0 Å². The lowest BCUT2D eigenvalue weighted by atomic mass is 10.2. The van der Waals surface area contributed by atoms with Crippen LogP contribution in [0, 0.1) is 0 Å². The molecule has 1 aromatic heterocycles. The van der Waals surface area contributed by atoms with Gasteiger partial charge in [-0.15, -0.1) is 0 Å². The summed E-state index contributed by atoms with van der Waals surface area (Å²) in [4.78, 5) is 4.01. The normalized spacial score (nSPS) is 18.8. The topological polar surface area (TPSA) is 80.3 Å². The third-order valence-electron chi connectivity index (χ3n) is 3.37. The summed E-state index contributed by atoms with van der Waals surface area (Å²) in [7, 11) is -3.59. The number of rotatable bonds is 8. The summed E-state index contributed by atoms with van der Waals surface area (Å²) >= 11 is 0. The van der Waals surface area contributed by atoms with Gasteiger partial charge in [0.25, 0.3) is 10.0 Å². The summed E-state index contributed by atoms with van der Waals surface area (Å²) in [5.41, 5.74) is 0.545. The molecule has 1 saturated heterocycles. The van der Waals surface area contributed by atoms with Crippen molar-refractivity contribution in [3.8, 4) is 0 Å². The van der Waals surface area contributed by atoms with Crippen molar-refractivity contribution in [1.82, 2.24) is 9.71 Å². The Bertz CT molecular complexity index is 542. The fourth-order valence-electron chi connectivity index (χ4n) is 2.29. The van der Waals surface area contributed by atoms with Gasteiger partial charge in [0.15, 0.2) is 5.03 Å². The number of nitrogens with one attached hydrogen (secondary N) is 2. The molecule has 21 heavy (non-hydrogen) atoms. The molecule has 0 aliphatic carbocycles. The lowest BCUT2D eigenvalue weighted by Gasteiger charge is -2.13. The standard InChI is InChI=1S/C14H23N3O3S/c1-2-8-15-13-6-3-9-16-14(13)21(18,19)17-10-7-12-5-4-11-20-12/h3,6,9,12,15,17H,2,4-5,7-8,10-11H2,1H3. The molecule has 7 heteroatoms. The zero-order valence-corrected chi connectivity index (χ0v) is 13.2. The van der Waals surface area contributed by atoms with Gasteiger partial charge >= 0.3 is 0 Å². The van der Waals surface area contributed by atoms with Gasteiger partial charge in [0.05, 0.1) is 11.8 Å². The maximum Gasteiger partial charge on any atom is 0.260 e. The summed E-state index contributed by atoms with van der Waals surface area (Å²) in [6.45, 7) is 3.89. The summed E-state index contributed by atoms with van der Waals surface area (Å²) in [6, 6.07) is 3.46. The summed E-state index contributed by atoms with van der Waals surface area (Å²) in [5, 5.41) is 3.16. The van der Waals surface area contributed by atoms with E-state index in [9.17, 15) is 8.42 Å². The predicted molar refractivity (Wildman–Crippen MR) is 81.8 cm³/mol. The first-order chi connectivity index (χ1) is 10.1. The summed E-state index contributed by atoms with van der Waals surface area (Å²) < 4.78 is 32.8. The Balaban J connectivity index is 1.97. The highest BCUT2D eigenvalue weighted by molar-refractivity contribution is 7.89. The molecule has 1 aliphatic heterocycles. The highest BCUT2D eigenvalue weighted by Gasteiger charge is 2.21. The quantitative estimate of drug-likeness (QED) is 0.764. The smallest absolute Gasteiger partial charge is 0.260 e. The summed E-state index contributed by atoms with van der Waals surface area (Å²) in [5.74, 6) is 0. The van der Waals surface area contributed by atoms with Crippen molar-refractivity contribution in [1.29, 1.82) is 0 Å². The Morgan fingerprint density at radius 3 is 3.00 bits per heavy atom. The molecule has 0 amide bonds. The largest absolute Gasteiger partial charge is 0.383 e. The first kappa shape index (κ1) is 16.2. The van der Waals surface area contributed by atoms with Gasteiger partial charge in [-0.1, -0.05) is 6.92 Å². The molecule has 0 aromatic carbocycles. The van der Waals surface area contributed by atoms with Gasteiger partial charge in [0.2, 0.25) is 0 Å². The number of sulfonamides is 1. The molecule has 2 N–H and O–H groups in total. The van der Waals surface area contributed by atoms with E-state index in [-0.39, 0.29) is 11.1 Å². The molecule has 1 aliphatic rings. The van der Waals surface area contributed by atoms with Gasteiger partial charge in [0, 0.05) is 25.9 Å². The second-order valence-electron chi connectivity index (χ2n) is 5.10. The van der Waals surface area contributed by atoms with Gasteiger partial charge in [-0.2, -0.15) is 0 Å². The Kier molecular flexibility index (Phi) is 5.96. The molecule has 118 valence electrons. The van der Waals surface area contributed by atoms with E-state index in [0.717, 1.165) is 25.9 Å². The highest BCUT2D eigenvalue weighted by atomic mass is 32.2. The number of anilines is 1. The van der Waals surface area contributed by atoms with Crippen LogP contribution in [0.1, 0.15) is 32.6 Å². The maximum absolute atomic E-state index is 12.3. The van der Waals surface area contributed by atoms with Crippen LogP contribution < -0.4 is 10.0 Å². The number of hydrogen-bond donors (Lipinski definition) is 2. The zero-order valence-electron chi connectivity index (χ0n) is 12.3. The van der Waals surface area contributed by atoms with E-state index in [4.69, 9.17) is 4.74 Å². The highest BCUT2D eigenvalue weighted by Crippen LogP contribution is 2.18. The van der Waals surface area contributed by atoms with Crippen molar-refractivity contribution in [3.05, 3.63) is 18.3 Å². The van der Waals surface area contributed by atoms with Crippen LogP contribution in [-0.4, -0.2) is 39.2 Å². The minimum absolute atomic E-state index is 0.0609. The molecule has 2 rings (SSSR count). The first-order valence-corrected chi connectivity index (χ1v) is 8.92. The van der Waals surface area contributed by atoms with E-state index in [1.165, 1.54) is 6.20 Å². The van der Waals surface area contributed by atoms with Gasteiger partial charge in [-0.25, -0.2) is 18.1 Å². The van der Waals surface area contributed by atoms with E-state index >= 15 is 0 Å². The molecular weight excluding hydrogens is 290 g/mol. The molecule has 0 spiro atoms. The van der Waals surface area contributed by atoms with Gasteiger partial charge in [-0.3, -0.25) is 0 Å². The minimum Gasteiger partial charge on any atom is -0.383 e. The number of hydrogen-bond acceptors (Lipinski definition) is 5. The van der Waals surface area contributed by atoms with Crippen molar-refractivity contribution in [2.45, 2.75) is 43.7 Å². The van der Waals surface area contributed by atoms with Crippen LogP contribution in [0.2, 0.25) is 0 Å². The molecule has 0 saturated carbocycles. The van der Waals surface area contributed by atoms with E-state index < -0.39 is 10.0 Å². The fraction of sp³-hybridized carbons (Fsp3) is 0.643. The molecule has 0 bridgehead atoms. The summed E-state index contributed by atoms with van der Waals surface area (Å²) in [6.07, 6.45) is 5.35. The molecule has 1 fully saturated rings. The molecule has 2 heterocycles. The lowest BCUT2D eigenvalue weighted by molar-refractivity contribution is 0.105. The first-order valence-electron chi connectivity index (χ1n) is 7.43. The van der Waals surface area contributed by atoms with Crippen molar-refractivity contribution in [3.63, 3.8) is 0 Å². The van der Waals surface area contributed by atoms with Crippen LogP contribution in [0.15, 0.2) is 23.4 Å². The molecular formula is C14H23N3O3S. The van der Waals surface area contributed by atoms with Crippen molar-refractivity contribution >= 4 is 15.7 Å². The second kappa shape index (κ2) is 7.72. The fourth-order valence-corrected chi connectivity index (χ4v) is 3.45. The Morgan fingerprint density at radius 2 is 2.29 bits per heavy atom. The van der Waals surface area contributed by atoms with Gasteiger partial charge in [-0.05, 0) is 37.8 Å². The Labute approximate surface area is 126 Å². The van der Waals surface area contributed by atoms with Crippen molar-refractivity contribution in [2.75, 3.05) is 25.0 Å². The molecule has 1 aromatic rings. The van der Waals surface area contributed by atoms with E-state index in [1.807, 2.05) is 6.92 Å². The maximum atomic E-state index is 12.3. The number of aromatic nitrogens is 1. The molecule has 1 unspecified atom stereocenters. The van der Waals surface area contributed by atoms with Crippen LogP contribution in [0.3, 0.4) is 0 Å². The second-order valence-corrected chi connectivity index (χ2v) is 6.79. The van der Waals surface area contributed by atoms with E-state index in [0.29, 0.717) is 25.2 Å². The lowest BCUT2D eigenvalue weighted by Crippen LogP contribution is -2.28. The number of nitrogens with zero attached hydrogens (tertiary/aromatic N) is 1. The zero-order chi connectivity index (χ0) is 15.1. The monoisotopic (exact) mass is 313 g/mol. The molecule has 6 nitrogen and oxygen atoms in total.